The third-order valence-electron chi connectivity index (χ3n) is 2.36. The molecule has 13 heavy (non-hydrogen) atoms. The van der Waals surface area contributed by atoms with Crippen LogP contribution in [0.3, 0.4) is 0 Å². The number of hydrogen-bond donors (Lipinski definition) is 0. The Morgan fingerprint density at radius 2 is 1.54 bits per heavy atom. The summed E-state index contributed by atoms with van der Waals surface area (Å²) in [6, 6.07) is 0. The van der Waals surface area contributed by atoms with E-state index in [1.54, 1.807) is 0 Å². The molecule has 0 aromatic heterocycles. The van der Waals surface area contributed by atoms with Crippen LogP contribution in [0.15, 0.2) is 10.2 Å². The van der Waals surface area contributed by atoms with Gasteiger partial charge in [0.2, 0.25) is 0 Å². The Morgan fingerprint density at radius 3 is 1.85 bits per heavy atom. The first-order chi connectivity index (χ1) is 6.18. The first kappa shape index (κ1) is 13.8. The van der Waals surface area contributed by atoms with Crippen molar-refractivity contribution in [1.29, 1.82) is 0 Å². The van der Waals surface area contributed by atoms with E-state index in [2.05, 4.69) is 30.9 Å². The zero-order valence-corrected chi connectivity index (χ0v) is 12.9. The maximum atomic E-state index is 6.72. The van der Waals surface area contributed by atoms with Gasteiger partial charge < -0.3 is 0 Å². The molecular formula is C11H23ClSn. The number of halogens is 1. The van der Waals surface area contributed by atoms with Crippen LogP contribution in [0.4, 0.5) is 0 Å². The average molecular weight is 309 g/mol. The Hall–Kier alpha value is 0.829. The van der Waals surface area contributed by atoms with Gasteiger partial charge in [-0.25, -0.2) is 0 Å². The van der Waals surface area contributed by atoms with Crippen molar-refractivity contribution >= 4 is 26.2 Å². The number of allylic oxidation sites excluding steroid dienone is 1. The summed E-state index contributed by atoms with van der Waals surface area (Å²) < 4.78 is 5.04. The van der Waals surface area contributed by atoms with E-state index in [-0.39, 0.29) is 0 Å². The molecule has 0 bridgehead atoms. The fourth-order valence-electron chi connectivity index (χ4n) is 1.53. The zero-order valence-electron chi connectivity index (χ0n) is 9.28. The molecule has 78 valence electrons. The Labute approximate surface area is 91.3 Å². The fraction of sp³-hybridized carbons (Fsp3) is 0.818. The van der Waals surface area contributed by atoms with E-state index in [0.717, 1.165) is 0 Å². The molecule has 0 nitrogen and oxygen atoms in total. The van der Waals surface area contributed by atoms with E-state index >= 15 is 0 Å². The van der Waals surface area contributed by atoms with Gasteiger partial charge in [0, 0.05) is 0 Å². The van der Waals surface area contributed by atoms with Crippen molar-refractivity contribution in [1.82, 2.24) is 0 Å². The average Bonchev–Trinajstić information content (AvgIpc) is 2.12. The second kappa shape index (κ2) is 8.16. The third kappa shape index (κ3) is 6.84. The van der Waals surface area contributed by atoms with Crippen LogP contribution in [0.2, 0.25) is 8.87 Å². The Kier molecular flexibility index (Phi) is 8.68. The SMILES string of the molecule is CC=[CH][Sn]([Cl])([CH2]CCC)[CH2]CCC. The van der Waals surface area contributed by atoms with Gasteiger partial charge >= 0.3 is 91.7 Å². The molecule has 0 aliphatic heterocycles. The summed E-state index contributed by atoms with van der Waals surface area (Å²) in [5.74, 6) is 0. The van der Waals surface area contributed by atoms with Crippen LogP contribution in [0.5, 0.6) is 0 Å². The normalized spacial score (nSPS) is 12.6. The van der Waals surface area contributed by atoms with Crippen LogP contribution in [0.1, 0.15) is 46.5 Å². The molecule has 0 aliphatic carbocycles. The number of hydrogen-bond acceptors (Lipinski definition) is 0. The molecule has 0 saturated heterocycles. The minimum atomic E-state index is -2.24. The minimum absolute atomic E-state index is 1.29. The topological polar surface area (TPSA) is 0 Å². The quantitative estimate of drug-likeness (QED) is 0.588. The molecule has 0 radical (unpaired) electrons. The molecule has 0 aromatic rings. The molecule has 0 fully saturated rings. The second-order valence-corrected chi connectivity index (χ2v) is 18.5. The van der Waals surface area contributed by atoms with E-state index in [4.69, 9.17) is 8.92 Å². The summed E-state index contributed by atoms with van der Waals surface area (Å²) in [6.07, 6.45) is 7.40. The molecule has 0 aromatic carbocycles. The summed E-state index contributed by atoms with van der Waals surface area (Å²) in [4.78, 5) is 0. The third-order valence-corrected chi connectivity index (χ3v) is 15.2. The molecule has 0 aliphatic rings. The van der Waals surface area contributed by atoms with Gasteiger partial charge in [-0.05, 0) is 0 Å². The fourth-order valence-corrected chi connectivity index (χ4v) is 12.9. The Morgan fingerprint density at radius 1 is 1.08 bits per heavy atom. The van der Waals surface area contributed by atoms with Gasteiger partial charge in [-0.1, -0.05) is 0 Å². The summed E-state index contributed by atoms with van der Waals surface area (Å²) in [7, 11) is 6.72. The van der Waals surface area contributed by atoms with E-state index in [1.807, 2.05) is 0 Å². The van der Waals surface area contributed by atoms with Gasteiger partial charge in [0.25, 0.3) is 0 Å². The second-order valence-electron chi connectivity index (χ2n) is 3.74. The first-order valence-corrected chi connectivity index (χ1v) is 14.8. The molecule has 2 heteroatoms. The van der Waals surface area contributed by atoms with Gasteiger partial charge in [0.1, 0.15) is 0 Å². The van der Waals surface area contributed by atoms with E-state index in [0.29, 0.717) is 0 Å². The van der Waals surface area contributed by atoms with Crippen molar-refractivity contribution in [2.75, 3.05) is 0 Å². The van der Waals surface area contributed by atoms with Crippen LogP contribution in [0, 0.1) is 0 Å². The van der Waals surface area contributed by atoms with Crippen LogP contribution >= 0.6 is 8.92 Å². The van der Waals surface area contributed by atoms with E-state index < -0.39 is 17.3 Å². The van der Waals surface area contributed by atoms with Crippen molar-refractivity contribution in [3.63, 3.8) is 0 Å². The van der Waals surface area contributed by atoms with Crippen molar-refractivity contribution in [3.05, 3.63) is 10.2 Å². The monoisotopic (exact) mass is 310 g/mol. The van der Waals surface area contributed by atoms with Gasteiger partial charge in [-0.3, -0.25) is 0 Å². The predicted molar refractivity (Wildman–Crippen MR) is 65.9 cm³/mol. The van der Waals surface area contributed by atoms with Crippen LogP contribution in [-0.2, 0) is 0 Å². The summed E-state index contributed by atoms with van der Waals surface area (Å²) in [5, 5.41) is 0. The number of unbranched alkanes of at least 4 members (excludes halogenated alkanes) is 2. The zero-order chi connectivity index (χ0) is 10.2. The van der Waals surface area contributed by atoms with E-state index in [1.165, 1.54) is 34.6 Å². The molecule has 0 spiro atoms. The van der Waals surface area contributed by atoms with Gasteiger partial charge in [-0.2, -0.15) is 0 Å². The molecule has 0 rings (SSSR count). The maximum absolute atomic E-state index is 6.72. The number of rotatable bonds is 7. The van der Waals surface area contributed by atoms with E-state index in [9.17, 15) is 0 Å². The summed E-state index contributed by atoms with van der Waals surface area (Å²) >= 11 is -2.24. The molecule has 0 atom stereocenters. The molecule has 0 heterocycles. The summed E-state index contributed by atoms with van der Waals surface area (Å²) in [5.41, 5.74) is 0. The molecular weight excluding hydrogens is 286 g/mol. The Bertz CT molecular complexity index is 135. The van der Waals surface area contributed by atoms with Crippen molar-refractivity contribution in [3.8, 4) is 0 Å². The van der Waals surface area contributed by atoms with Gasteiger partial charge in [-0.15, -0.1) is 0 Å². The first-order valence-electron chi connectivity index (χ1n) is 5.51. The van der Waals surface area contributed by atoms with Crippen LogP contribution in [0.25, 0.3) is 0 Å². The summed E-state index contributed by atoms with van der Waals surface area (Å²) in [6.45, 7) is 6.60. The van der Waals surface area contributed by atoms with Crippen molar-refractivity contribution < 1.29 is 0 Å². The van der Waals surface area contributed by atoms with Crippen LogP contribution in [-0.4, -0.2) is 17.3 Å². The van der Waals surface area contributed by atoms with Crippen molar-refractivity contribution in [2.45, 2.75) is 55.3 Å². The van der Waals surface area contributed by atoms with Gasteiger partial charge in [0.05, 0.1) is 0 Å². The molecule has 0 amide bonds. The Balaban J connectivity index is 3.99. The molecule has 0 saturated carbocycles. The van der Waals surface area contributed by atoms with Crippen LogP contribution < -0.4 is 0 Å². The predicted octanol–water partition coefficient (Wildman–Crippen LogP) is 4.89. The molecule has 0 N–H and O–H groups in total. The van der Waals surface area contributed by atoms with Gasteiger partial charge in [0.15, 0.2) is 0 Å². The van der Waals surface area contributed by atoms with Crippen molar-refractivity contribution in [2.24, 2.45) is 0 Å². The molecule has 0 unspecified atom stereocenters. The standard InChI is InChI=1S/2C4H9.C3H5.ClH.Sn/c2*1-3-4-2;1-3-2;;/h2*1,3-4H2,2H3;1,3H,2H3;1H;/q;;;;+1/p-1.